The van der Waals surface area contributed by atoms with Crippen LogP contribution in [0.3, 0.4) is 0 Å². The van der Waals surface area contributed by atoms with Gasteiger partial charge in [-0.15, -0.1) is 0 Å². The van der Waals surface area contributed by atoms with E-state index in [9.17, 15) is 4.79 Å². The highest BCUT2D eigenvalue weighted by Crippen LogP contribution is 2.48. The standard InChI is InChI=1S/C27H23ClN6O/c28-19-3-1-2-17(10-19)21-11-22(21)27(35)32-26-23-12-30-34(24(23)8-9-29-26)15-20-14-33-13-18(16-4-5-16)6-7-25(33)31-20/h1-3,6-10,12-14,16,21-22H,4-5,11,15H2,(H,29,32,35)/t21-,22+/m1/s1. The van der Waals surface area contributed by atoms with Crippen LogP contribution in [0.5, 0.6) is 0 Å². The first-order valence-corrected chi connectivity index (χ1v) is 12.3. The molecular formula is C27H23ClN6O. The average molecular weight is 483 g/mol. The molecule has 0 bridgehead atoms. The molecule has 2 fully saturated rings. The zero-order chi connectivity index (χ0) is 23.5. The Morgan fingerprint density at radius 1 is 1.11 bits per heavy atom. The Bertz CT molecular complexity index is 1600. The largest absolute Gasteiger partial charge is 0.310 e. The van der Waals surface area contributed by atoms with E-state index >= 15 is 0 Å². The van der Waals surface area contributed by atoms with E-state index in [1.165, 1.54) is 18.4 Å². The lowest BCUT2D eigenvalue weighted by Crippen LogP contribution is -2.15. The van der Waals surface area contributed by atoms with Gasteiger partial charge in [0.2, 0.25) is 5.91 Å². The molecule has 4 heterocycles. The normalized spacial score (nSPS) is 19.3. The molecule has 5 aromatic rings. The summed E-state index contributed by atoms with van der Waals surface area (Å²) in [6.07, 6.45) is 11.1. The quantitative estimate of drug-likeness (QED) is 0.351. The number of imidazole rings is 1. The highest BCUT2D eigenvalue weighted by Gasteiger charge is 2.44. The number of carbonyl (C=O) groups is 1. The van der Waals surface area contributed by atoms with Crippen LogP contribution in [0.25, 0.3) is 16.6 Å². The molecule has 2 atom stereocenters. The van der Waals surface area contributed by atoms with E-state index in [0.717, 1.165) is 34.2 Å². The van der Waals surface area contributed by atoms with Crippen molar-refractivity contribution in [1.82, 2.24) is 24.1 Å². The predicted molar refractivity (Wildman–Crippen MR) is 135 cm³/mol. The topological polar surface area (TPSA) is 77.1 Å². The lowest BCUT2D eigenvalue weighted by molar-refractivity contribution is -0.117. The molecule has 0 aliphatic heterocycles. The van der Waals surface area contributed by atoms with Gasteiger partial charge in [0, 0.05) is 29.5 Å². The molecule has 7 nitrogen and oxygen atoms in total. The SMILES string of the molecule is O=C(Nc1nccc2c1cnn2Cc1cn2cc(C3CC3)ccc2n1)[C@H]1C[C@@H]1c1cccc(Cl)c1. The lowest BCUT2D eigenvalue weighted by atomic mass is 10.1. The number of nitrogens with one attached hydrogen (secondary N) is 1. The van der Waals surface area contributed by atoms with Gasteiger partial charge in [0.15, 0.2) is 0 Å². The Morgan fingerprint density at radius 3 is 2.89 bits per heavy atom. The first-order valence-electron chi connectivity index (χ1n) is 12.0. The number of rotatable bonds is 6. The van der Waals surface area contributed by atoms with E-state index in [4.69, 9.17) is 16.6 Å². The number of aromatic nitrogens is 5. The van der Waals surface area contributed by atoms with E-state index < -0.39 is 0 Å². The van der Waals surface area contributed by atoms with Gasteiger partial charge in [-0.3, -0.25) is 9.48 Å². The summed E-state index contributed by atoms with van der Waals surface area (Å²) in [5.74, 6) is 1.36. The molecule has 0 spiro atoms. The molecule has 174 valence electrons. The zero-order valence-electron chi connectivity index (χ0n) is 18.9. The fraction of sp³-hybridized carbons (Fsp3) is 0.259. The molecule has 2 saturated carbocycles. The number of hydrogen-bond donors (Lipinski definition) is 1. The van der Waals surface area contributed by atoms with E-state index in [2.05, 4.69) is 44.3 Å². The van der Waals surface area contributed by atoms with Crippen LogP contribution in [0.1, 0.15) is 47.9 Å². The van der Waals surface area contributed by atoms with Crippen LogP contribution in [0.15, 0.2) is 67.3 Å². The molecular weight excluding hydrogens is 460 g/mol. The minimum atomic E-state index is -0.0703. The molecule has 0 saturated heterocycles. The Kier molecular flexibility index (Phi) is 4.67. The minimum Gasteiger partial charge on any atom is -0.310 e. The Balaban J connectivity index is 1.10. The fourth-order valence-electron chi connectivity index (χ4n) is 4.98. The molecule has 4 aromatic heterocycles. The van der Waals surface area contributed by atoms with Crippen molar-refractivity contribution in [3.63, 3.8) is 0 Å². The Morgan fingerprint density at radius 2 is 2.03 bits per heavy atom. The second-order valence-electron chi connectivity index (χ2n) is 9.62. The number of pyridine rings is 2. The molecule has 8 heteroatoms. The number of hydrogen-bond acceptors (Lipinski definition) is 4. The number of amides is 1. The van der Waals surface area contributed by atoms with Crippen molar-refractivity contribution >= 4 is 39.9 Å². The van der Waals surface area contributed by atoms with Crippen LogP contribution in [0, 0.1) is 5.92 Å². The van der Waals surface area contributed by atoms with Gasteiger partial charge in [-0.05, 0) is 66.5 Å². The van der Waals surface area contributed by atoms with Crippen LogP contribution >= 0.6 is 11.6 Å². The van der Waals surface area contributed by atoms with E-state index in [-0.39, 0.29) is 17.7 Å². The number of benzene rings is 1. The minimum absolute atomic E-state index is 0.0189. The van der Waals surface area contributed by atoms with E-state index in [0.29, 0.717) is 23.3 Å². The molecule has 2 aliphatic rings. The summed E-state index contributed by atoms with van der Waals surface area (Å²) in [6.45, 7) is 0.542. The molecule has 7 rings (SSSR count). The van der Waals surface area contributed by atoms with Gasteiger partial charge in [0.1, 0.15) is 11.5 Å². The maximum atomic E-state index is 12.9. The van der Waals surface area contributed by atoms with Crippen molar-refractivity contribution in [3.8, 4) is 0 Å². The smallest absolute Gasteiger partial charge is 0.229 e. The molecule has 0 unspecified atom stereocenters. The first kappa shape index (κ1) is 20.6. The van der Waals surface area contributed by atoms with Crippen molar-refractivity contribution in [2.75, 3.05) is 5.32 Å². The van der Waals surface area contributed by atoms with Crippen LogP contribution in [0.4, 0.5) is 5.82 Å². The third-order valence-corrected chi connectivity index (χ3v) is 7.34. The highest BCUT2D eigenvalue weighted by atomic mass is 35.5. The molecule has 0 radical (unpaired) electrons. The van der Waals surface area contributed by atoms with Crippen molar-refractivity contribution < 1.29 is 4.79 Å². The zero-order valence-corrected chi connectivity index (χ0v) is 19.7. The van der Waals surface area contributed by atoms with Gasteiger partial charge in [-0.25, -0.2) is 9.97 Å². The van der Waals surface area contributed by atoms with Gasteiger partial charge in [0.05, 0.1) is 29.3 Å². The van der Waals surface area contributed by atoms with Gasteiger partial charge in [-0.2, -0.15) is 5.10 Å². The van der Waals surface area contributed by atoms with Crippen molar-refractivity contribution in [2.45, 2.75) is 37.6 Å². The number of fused-ring (bicyclic) bond motifs is 2. The summed E-state index contributed by atoms with van der Waals surface area (Å²) in [5.41, 5.74) is 5.27. The Hall–Kier alpha value is -3.71. The second kappa shape index (κ2) is 7.92. The van der Waals surface area contributed by atoms with E-state index in [1.807, 2.05) is 35.0 Å². The second-order valence-corrected chi connectivity index (χ2v) is 10.1. The molecule has 2 aliphatic carbocycles. The first-order chi connectivity index (χ1) is 17.1. The van der Waals surface area contributed by atoms with Crippen LogP contribution in [-0.2, 0) is 11.3 Å². The summed E-state index contributed by atoms with van der Waals surface area (Å²) in [6, 6.07) is 13.9. The number of anilines is 1. The average Bonchev–Trinajstić information content (AvgIpc) is 3.78. The van der Waals surface area contributed by atoms with Gasteiger partial charge >= 0.3 is 0 Å². The molecule has 1 N–H and O–H groups in total. The van der Waals surface area contributed by atoms with E-state index in [1.54, 1.807) is 12.4 Å². The predicted octanol–water partition coefficient (Wildman–Crippen LogP) is 5.40. The number of carbonyl (C=O) groups excluding carboxylic acids is 1. The van der Waals surface area contributed by atoms with Gasteiger partial charge < -0.3 is 9.72 Å². The van der Waals surface area contributed by atoms with Gasteiger partial charge in [-0.1, -0.05) is 29.8 Å². The monoisotopic (exact) mass is 482 g/mol. The molecule has 1 aromatic carbocycles. The highest BCUT2D eigenvalue weighted by molar-refractivity contribution is 6.30. The third kappa shape index (κ3) is 3.86. The molecule has 35 heavy (non-hydrogen) atoms. The van der Waals surface area contributed by atoms with Crippen molar-refractivity contribution in [3.05, 3.63) is 89.1 Å². The lowest BCUT2D eigenvalue weighted by Gasteiger charge is -2.06. The van der Waals surface area contributed by atoms with Crippen LogP contribution in [0.2, 0.25) is 5.02 Å². The number of halogens is 1. The van der Waals surface area contributed by atoms with Gasteiger partial charge in [0.25, 0.3) is 0 Å². The molecule has 1 amide bonds. The Labute approximate surface area is 206 Å². The summed E-state index contributed by atoms with van der Waals surface area (Å²) in [5, 5.41) is 9.12. The third-order valence-electron chi connectivity index (χ3n) is 7.10. The summed E-state index contributed by atoms with van der Waals surface area (Å²) in [4.78, 5) is 22.1. The number of nitrogens with zero attached hydrogens (tertiary/aromatic N) is 5. The van der Waals surface area contributed by atoms with Crippen LogP contribution < -0.4 is 5.32 Å². The summed E-state index contributed by atoms with van der Waals surface area (Å²) < 4.78 is 4.01. The van der Waals surface area contributed by atoms with Crippen LogP contribution in [-0.4, -0.2) is 30.1 Å². The maximum Gasteiger partial charge on any atom is 0.229 e. The van der Waals surface area contributed by atoms with Crippen molar-refractivity contribution in [1.29, 1.82) is 0 Å². The van der Waals surface area contributed by atoms with Crippen molar-refractivity contribution in [2.24, 2.45) is 5.92 Å². The summed E-state index contributed by atoms with van der Waals surface area (Å²) in [7, 11) is 0. The summed E-state index contributed by atoms with van der Waals surface area (Å²) >= 11 is 6.12. The maximum absolute atomic E-state index is 12.9. The fourth-order valence-corrected chi connectivity index (χ4v) is 5.18.